The van der Waals surface area contributed by atoms with Crippen LogP contribution in [0.25, 0.3) is 11.0 Å². The fourth-order valence-electron chi connectivity index (χ4n) is 1.93. The zero-order chi connectivity index (χ0) is 11.9. The summed E-state index contributed by atoms with van der Waals surface area (Å²) in [5.74, 6) is 0. The summed E-state index contributed by atoms with van der Waals surface area (Å²) in [6, 6.07) is 8.19. The quantitative estimate of drug-likeness (QED) is 0.718. The molecule has 1 aromatic heterocycles. The van der Waals surface area contributed by atoms with E-state index in [2.05, 4.69) is 29.7 Å². The fraction of sp³-hybridized carbons (Fsp3) is 0.429. The van der Waals surface area contributed by atoms with Gasteiger partial charge in [0.2, 0.25) is 0 Å². The van der Waals surface area contributed by atoms with E-state index < -0.39 is 0 Å². The molecule has 3 heteroatoms. The van der Waals surface area contributed by atoms with Crippen molar-refractivity contribution in [2.75, 3.05) is 26.2 Å². The Labute approximate surface area is 102 Å². The second-order valence-electron chi connectivity index (χ2n) is 4.11. The summed E-state index contributed by atoms with van der Waals surface area (Å²) in [5, 5.41) is 7.95. The molecule has 0 amide bonds. The molecule has 0 bridgehead atoms. The zero-order valence-electron chi connectivity index (χ0n) is 10.3. The molecule has 2 aromatic rings. The van der Waals surface area contributed by atoms with E-state index in [1.54, 1.807) is 0 Å². The number of para-hydroxylation sites is 1. The molecule has 0 saturated heterocycles. The Morgan fingerprint density at radius 1 is 1.06 bits per heavy atom. The molecule has 0 aliphatic rings. The molecule has 0 aliphatic heterocycles. The van der Waals surface area contributed by atoms with Crippen molar-refractivity contribution >= 4 is 11.0 Å². The van der Waals surface area contributed by atoms with Gasteiger partial charge in [0.05, 0.1) is 6.26 Å². The van der Waals surface area contributed by atoms with Crippen LogP contribution in [0.5, 0.6) is 0 Å². The number of nitrogens with one attached hydrogen (secondary N) is 2. The van der Waals surface area contributed by atoms with Gasteiger partial charge in [-0.05, 0) is 31.1 Å². The minimum Gasteiger partial charge on any atom is -0.464 e. The predicted octanol–water partition coefficient (Wildman–Crippen LogP) is 2.17. The summed E-state index contributed by atoms with van der Waals surface area (Å²) < 4.78 is 5.50. The van der Waals surface area contributed by atoms with E-state index in [1.165, 1.54) is 10.9 Å². The summed E-state index contributed by atoms with van der Waals surface area (Å²) in [5.41, 5.74) is 2.27. The highest BCUT2D eigenvalue weighted by Crippen LogP contribution is 2.20. The fourth-order valence-corrected chi connectivity index (χ4v) is 1.93. The predicted molar refractivity (Wildman–Crippen MR) is 71.3 cm³/mol. The lowest BCUT2D eigenvalue weighted by Crippen LogP contribution is -2.28. The lowest BCUT2D eigenvalue weighted by atomic mass is 10.1. The molecule has 0 atom stereocenters. The Balaban J connectivity index is 1.79. The van der Waals surface area contributed by atoms with E-state index >= 15 is 0 Å². The van der Waals surface area contributed by atoms with Crippen molar-refractivity contribution in [1.82, 2.24) is 10.6 Å². The smallest absolute Gasteiger partial charge is 0.134 e. The van der Waals surface area contributed by atoms with Crippen molar-refractivity contribution in [2.24, 2.45) is 0 Å². The van der Waals surface area contributed by atoms with E-state index in [4.69, 9.17) is 4.42 Å². The van der Waals surface area contributed by atoms with Gasteiger partial charge in [-0.3, -0.25) is 0 Å². The Bertz CT molecular complexity index is 450. The molecule has 0 saturated carbocycles. The molecule has 0 aliphatic carbocycles. The summed E-state index contributed by atoms with van der Waals surface area (Å²) in [7, 11) is 0. The van der Waals surface area contributed by atoms with Crippen molar-refractivity contribution < 1.29 is 4.42 Å². The summed E-state index contributed by atoms with van der Waals surface area (Å²) in [6.07, 6.45) is 2.89. The lowest BCUT2D eigenvalue weighted by Gasteiger charge is -2.04. The monoisotopic (exact) mass is 232 g/mol. The highest BCUT2D eigenvalue weighted by atomic mass is 16.3. The number of furan rings is 1. The molecule has 92 valence electrons. The van der Waals surface area contributed by atoms with Gasteiger partial charge in [0.1, 0.15) is 5.58 Å². The van der Waals surface area contributed by atoms with Gasteiger partial charge >= 0.3 is 0 Å². The average molecular weight is 232 g/mol. The van der Waals surface area contributed by atoms with Crippen LogP contribution in [0.15, 0.2) is 34.9 Å². The first kappa shape index (κ1) is 12.1. The van der Waals surface area contributed by atoms with Gasteiger partial charge in [0.25, 0.3) is 0 Å². The highest BCUT2D eigenvalue weighted by Gasteiger charge is 2.03. The van der Waals surface area contributed by atoms with Gasteiger partial charge in [-0.1, -0.05) is 25.1 Å². The van der Waals surface area contributed by atoms with Crippen LogP contribution in [-0.4, -0.2) is 26.2 Å². The second kappa shape index (κ2) is 6.42. The molecule has 0 fully saturated rings. The zero-order valence-corrected chi connectivity index (χ0v) is 10.3. The van der Waals surface area contributed by atoms with Crippen molar-refractivity contribution in [3.05, 3.63) is 36.1 Å². The van der Waals surface area contributed by atoms with Gasteiger partial charge < -0.3 is 15.1 Å². The molecule has 2 rings (SSSR count). The molecule has 2 N–H and O–H groups in total. The maximum atomic E-state index is 5.50. The molecule has 0 radical (unpaired) electrons. The van der Waals surface area contributed by atoms with Gasteiger partial charge in [-0.2, -0.15) is 0 Å². The number of fused-ring (bicyclic) bond motifs is 1. The van der Waals surface area contributed by atoms with Crippen LogP contribution in [-0.2, 0) is 6.42 Å². The van der Waals surface area contributed by atoms with Crippen LogP contribution in [0.1, 0.15) is 12.5 Å². The molecule has 0 unspecified atom stereocenters. The maximum Gasteiger partial charge on any atom is 0.134 e. The van der Waals surface area contributed by atoms with Crippen LogP contribution in [0.4, 0.5) is 0 Å². The van der Waals surface area contributed by atoms with E-state index in [-0.39, 0.29) is 0 Å². The number of benzene rings is 1. The molecule has 1 aromatic carbocycles. The number of hydrogen-bond acceptors (Lipinski definition) is 3. The van der Waals surface area contributed by atoms with Crippen LogP contribution < -0.4 is 10.6 Å². The lowest BCUT2D eigenvalue weighted by molar-refractivity contribution is 0.600. The molecule has 0 spiro atoms. The van der Waals surface area contributed by atoms with Crippen molar-refractivity contribution in [3.63, 3.8) is 0 Å². The normalized spacial score (nSPS) is 11.1. The third-order valence-corrected chi connectivity index (χ3v) is 2.86. The molecule has 3 nitrogen and oxygen atoms in total. The number of likely N-dealkylation sites (N-methyl/N-ethyl adjacent to an activating group) is 1. The van der Waals surface area contributed by atoms with Crippen LogP contribution in [0.2, 0.25) is 0 Å². The first-order chi connectivity index (χ1) is 8.42. The number of hydrogen-bond donors (Lipinski definition) is 2. The van der Waals surface area contributed by atoms with Crippen molar-refractivity contribution in [3.8, 4) is 0 Å². The Morgan fingerprint density at radius 3 is 2.76 bits per heavy atom. The van der Waals surface area contributed by atoms with Crippen LogP contribution in [0, 0.1) is 0 Å². The first-order valence-corrected chi connectivity index (χ1v) is 6.28. The van der Waals surface area contributed by atoms with Gasteiger partial charge in [-0.15, -0.1) is 0 Å². The summed E-state index contributed by atoms with van der Waals surface area (Å²) >= 11 is 0. The van der Waals surface area contributed by atoms with E-state index in [9.17, 15) is 0 Å². The minimum atomic E-state index is 0.982. The van der Waals surface area contributed by atoms with Crippen LogP contribution >= 0.6 is 0 Å². The van der Waals surface area contributed by atoms with Crippen LogP contribution in [0.3, 0.4) is 0 Å². The van der Waals surface area contributed by atoms with E-state index in [0.29, 0.717) is 0 Å². The second-order valence-corrected chi connectivity index (χ2v) is 4.11. The van der Waals surface area contributed by atoms with Gasteiger partial charge in [-0.25, -0.2) is 0 Å². The average Bonchev–Trinajstić information content (AvgIpc) is 2.77. The van der Waals surface area contributed by atoms with Crippen molar-refractivity contribution in [1.29, 1.82) is 0 Å². The SMILES string of the molecule is CCNCCNCCc1coc2ccccc12. The minimum absolute atomic E-state index is 0.982. The first-order valence-electron chi connectivity index (χ1n) is 6.28. The highest BCUT2D eigenvalue weighted by molar-refractivity contribution is 5.80. The number of rotatable bonds is 7. The summed E-state index contributed by atoms with van der Waals surface area (Å²) in [6.45, 7) is 6.20. The van der Waals surface area contributed by atoms with E-state index in [0.717, 1.165) is 38.2 Å². The molecular formula is C14H20N2O. The van der Waals surface area contributed by atoms with Crippen molar-refractivity contribution in [2.45, 2.75) is 13.3 Å². The maximum absolute atomic E-state index is 5.50. The Kier molecular flexibility index (Phi) is 4.59. The van der Waals surface area contributed by atoms with E-state index in [1.807, 2.05) is 18.4 Å². The van der Waals surface area contributed by atoms with Gasteiger partial charge in [0, 0.05) is 18.5 Å². The molecular weight excluding hydrogens is 212 g/mol. The standard InChI is InChI=1S/C14H20N2O/c1-2-15-9-10-16-8-7-12-11-17-14-6-4-3-5-13(12)14/h3-6,11,15-16H,2,7-10H2,1H3. The third kappa shape index (κ3) is 3.32. The summed E-state index contributed by atoms with van der Waals surface area (Å²) in [4.78, 5) is 0. The topological polar surface area (TPSA) is 37.2 Å². The Morgan fingerprint density at radius 2 is 1.88 bits per heavy atom. The molecule has 17 heavy (non-hydrogen) atoms. The van der Waals surface area contributed by atoms with Gasteiger partial charge in [0.15, 0.2) is 0 Å². The molecule has 1 heterocycles. The third-order valence-electron chi connectivity index (χ3n) is 2.86. The Hall–Kier alpha value is -1.32. The largest absolute Gasteiger partial charge is 0.464 e.